The maximum absolute atomic E-state index is 12.4. The Hall–Kier alpha value is -2.67. The molecule has 0 spiro atoms. The van der Waals surface area contributed by atoms with E-state index in [1.54, 1.807) is 43.3 Å². The van der Waals surface area contributed by atoms with Crippen molar-refractivity contribution >= 4 is 21.4 Å². The van der Waals surface area contributed by atoms with Crippen LogP contribution in [0.4, 0.5) is 0 Å². The molecule has 0 saturated heterocycles. The summed E-state index contributed by atoms with van der Waals surface area (Å²) >= 11 is 0. The van der Waals surface area contributed by atoms with Gasteiger partial charge in [0, 0.05) is 5.56 Å². The minimum atomic E-state index is -3.80. The summed E-state index contributed by atoms with van der Waals surface area (Å²) in [6, 6.07) is 15.4. The summed E-state index contributed by atoms with van der Waals surface area (Å²) in [5.74, 6) is 0. The van der Waals surface area contributed by atoms with Crippen LogP contribution in [0.15, 0.2) is 69.7 Å². The molecule has 0 saturated carbocycles. The van der Waals surface area contributed by atoms with E-state index in [0.29, 0.717) is 12.0 Å². The van der Waals surface area contributed by atoms with Gasteiger partial charge >= 0.3 is 0 Å². The lowest BCUT2D eigenvalue weighted by Gasteiger charge is -2.09. The molecule has 0 fully saturated rings. The van der Waals surface area contributed by atoms with Gasteiger partial charge in [-0.2, -0.15) is 18.4 Å². The van der Waals surface area contributed by atoms with Crippen LogP contribution in [-0.4, -0.2) is 25.0 Å². The highest BCUT2D eigenvalue weighted by Gasteiger charge is 2.16. The molecule has 0 heterocycles. The van der Waals surface area contributed by atoms with Gasteiger partial charge in [0.05, 0.1) is 4.90 Å². The zero-order valence-electron chi connectivity index (χ0n) is 13.5. The lowest BCUT2D eigenvalue weighted by molar-refractivity contribution is 0.319. The van der Waals surface area contributed by atoms with Crippen molar-refractivity contribution in [3.05, 3.63) is 65.7 Å². The van der Waals surface area contributed by atoms with E-state index >= 15 is 0 Å². The third-order valence-corrected chi connectivity index (χ3v) is 4.61. The molecule has 2 rings (SSSR count). The summed E-state index contributed by atoms with van der Waals surface area (Å²) in [7, 11) is -3.80. The molecule has 0 aliphatic rings. The fraction of sp³-hybridized carbons (Fsp3) is 0.176. The Kier molecular flexibility index (Phi) is 5.70. The second-order valence-corrected chi connectivity index (χ2v) is 6.80. The second-order valence-electron chi connectivity index (χ2n) is 5.13. The van der Waals surface area contributed by atoms with Crippen LogP contribution < -0.4 is 4.83 Å². The maximum atomic E-state index is 12.4. The number of hydrogen-bond donors (Lipinski definition) is 2. The van der Waals surface area contributed by atoms with Crippen LogP contribution in [0.2, 0.25) is 0 Å². The molecular weight excluding hydrogens is 326 g/mol. The Morgan fingerprint density at radius 3 is 2.25 bits per heavy atom. The molecule has 2 N–H and O–H groups in total. The first-order valence-corrected chi connectivity index (χ1v) is 8.89. The van der Waals surface area contributed by atoms with Crippen molar-refractivity contribution in [2.45, 2.75) is 25.2 Å². The van der Waals surface area contributed by atoms with E-state index in [4.69, 9.17) is 5.21 Å². The number of hydrogen-bond acceptors (Lipinski definition) is 5. The Labute approximate surface area is 141 Å². The van der Waals surface area contributed by atoms with Gasteiger partial charge in [0.1, 0.15) is 11.4 Å². The first kappa shape index (κ1) is 17.7. The summed E-state index contributed by atoms with van der Waals surface area (Å²) in [6.45, 7) is 3.67. The fourth-order valence-electron chi connectivity index (χ4n) is 2.05. The van der Waals surface area contributed by atoms with Gasteiger partial charge in [-0.15, -0.1) is 0 Å². The average molecular weight is 345 g/mol. The minimum Gasteiger partial charge on any atom is -0.411 e. The van der Waals surface area contributed by atoms with Crippen molar-refractivity contribution < 1.29 is 13.6 Å². The van der Waals surface area contributed by atoms with Gasteiger partial charge in [0.2, 0.25) is 0 Å². The summed E-state index contributed by atoms with van der Waals surface area (Å²) in [6.07, 6.45) is 0.399. The zero-order chi connectivity index (χ0) is 17.6. The molecule has 2 aromatic carbocycles. The van der Waals surface area contributed by atoms with Crippen molar-refractivity contribution in [3.8, 4) is 0 Å². The fourth-order valence-corrected chi connectivity index (χ4v) is 2.86. The topological polar surface area (TPSA) is 91.1 Å². The van der Waals surface area contributed by atoms with Gasteiger partial charge in [-0.25, -0.2) is 0 Å². The smallest absolute Gasteiger partial charge is 0.276 e. The first-order valence-electron chi connectivity index (χ1n) is 7.41. The number of sulfonamides is 1. The van der Waals surface area contributed by atoms with Crippen LogP contribution in [0.25, 0.3) is 0 Å². The molecule has 0 atom stereocenters. The number of nitrogens with zero attached hydrogens (tertiary/aromatic N) is 2. The predicted molar refractivity (Wildman–Crippen MR) is 94.0 cm³/mol. The highest BCUT2D eigenvalue weighted by atomic mass is 32.2. The molecule has 24 heavy (non-hydrogen) atoms. The number of hydrazone groups is 1. The van der Waals surface area contributed by atoms with E-state index in [0.717, 1.165) is 5.56 Å². The molecule has 0 aromatic heterocycles. The van der Waals surface area contributed by atoms with Crippen molar-refractivity contribution in [2.75, 3.05) is 0 Å². The average Bonchev–Trinajstić information content (AvgIpc) is 2.59. The Morgan fingerprint density at radius 1 is 1.08 bits per heavy atom. The highest BCUT2D eigenvalue weighted by Crippen LogP contribution is 2.11. The molecular formula is C17H19N3O3S. The number of benzene rings is 2. The second kappa shape index (κ2) is 7.74. The van der Waals surface area contributed by atoms with Gasteiger partial charge in [0.25, 0.3) is 10.0 Å². The number of oxime groups is 1. The van der Waals surface area contributed by atoms with E-state index < -0.39 is 10.0 Å². The molecule has 7 heteroatoms. The van der Waals surface area contributed by atoms with Gasteiger partial charge in [0.15, 0.2) is 0 Å². The molecule has 2 aromatic rings. The maximum Gasteiger partial charge on any atom is 0.276 e. The molecule has 0 unspecified atom stereocenters. The van der Waals surface area contributed by atoms with E-state index in [2.05, 4.69) is 15.1 Å². The predicted octanol–water partition coefficient (Wildman–Crippen LogP) is 2.92. The van der Waals surface area contributed by atoms with Crippen LogP contribution in [-0.2, 0) is 10.0 Å². The van der Waals surface area contributed by atoms with Gasteiger partial charge in [-0.05, 0) is 25.5 Å². The van der Waals surface area contributed by atoms with Crippen LogP contribution in [0, 0.1) is 6.92 Å². The van der Waals surface area contributed by atoms with Gasteiger partial charge < -0.3 is 5.21 Å². The van der Waals surface area contributed by atoms with Crippen LogP contribution >= 0.6 is 0 Å². The molecule has 126 valence electrons. The standard InChI is InChI=1S/C17H19N3O3S/c1-3-16(19-21)17(14-7-5-4-6-8-14)18-20-24(22,23)15-11-9-13(2)10-12-15/h4-12,20-21H,3H2,1-2H3/b18-17-,19-16+. The minimum absolute atomic E-state index is 0.114. The summed E-state index contributed by atoms with van der Waals surface area (Å²) in [5, 5.41) is 16.4. The third-order valence-electron chi connectivity index (χ3n) is 3.39. The molecule has 0 aliphatic carbocycles. The molecule has 0 radical (unpaired) electrons. The molecule has 0 bridgehead atoms. The SMILES string of the molecule is CCC(=N\O)/C(=N\NS(=O)(=O)c1ccc(C)cc1)c1ccccc1. The zero-order valence-corrected chi connectivity index (χ0v) is 14.3. The monoisotopic (exact) mass is 345 g/mol. The van der Waals surface area contributed by atoms with Crippen molar-refractivity contribution in [1.29, 1.82) is 0 Å². The van der Waals surface area contributed by atoms with Gasteiger partial charge in [-0.1, -0.05) is 60.1 Å². The number of aryl methyl sites for hydroxylation is 1. The number of rotatable bonds is 6. The molecule has 6 nitrogen and oxygen atoms in total. The van der Waals surface area contributed by atoms with Gasteiger partial charge in [-0.3, -0.25) is 0 Å². The van der Waals surface area contributed by atoms with Crippen LogP contribution in [0.5, 0.6) is 0 Å². The third kappa shape index (κ3) is 4.20. The highest BCUT2D eigenvalue weighted by molar-refractivity contribution is 7.89. The summed E-state index contributed by atoms with van der Waals surface area (Å²) in [4.78, 5) is 2.32. The Balaban J connectivity index is 2.38. The number of nitrogens with one attached hydrogen (secondary N) is 1. The van der Waals surface area contributed by atoms with Crippen LogP contribution in [0.3, 0.4) is 0 Å². The lowest BCUT2D eigenvalue weighted by atomic mass is 10.0. The summed E-state index contributed by atoms with van der Waals surface area (Å²) < 4.78 is 24.7. The molecule has 0 aliphatic heterocycles. The van der Waals surface area contributed by atoms with Crippen LogP contribution in [0.1, 0.15) is 24.5 Å². The Morgan fingerprint density at radius 2 is 1.71 bits per heavy atom. The first-order chi connectivity index (χ1) is 11.5. The summed E-state index contributed by atoms with van der Waals surface area (Å²) in [5.41, 5.74) is 2.17. The largest absolute Gasteiger partial charge is 0.411 e. The quantitative estimate of drug-likeness (QED) is 0.479. The van der Waals surface area contributed by atoms with Crippen molar-refractivity contribution in [2.24, 2.45) is 10.3 Å². The van der Waals surface area contributed by atoms with Crippen molar-refractivity contribution in [1.82, 2.24) is 4.83 Å². The van der Waals surface area contributed by atoms with E-state index in [9.17, 15) is 8.42 Å². The lowest BCUT2D eigenvalue weighted by Crippen LogP contribution is -2.24. The van der Waals surface area contributed by atoms with E-state index in [1.807, 2.05) is 13.0 Å². The molecule has 0 amide bonds. The normalized spacial score (nSPS) is 12.9. The van der Waals surface area contributed by atoms with E-state index in [-0.39, 0.29) is 16.3 Å². The van der Waals surface area contributed by atoms with E-state index in [1.165, 1.54) is 12.1 Å². The Bertz CT molecular complexity index is 842. The van der Waals surface area contributed by atoms with Crippen molar-refractivity contribution in [3.63, 3.8) is 0 Å².